The van der Waals surface area contributed by atoms with Gasteiger partial charge in [0.05, 0.1) is 6.10 Å². The van der Waals surface area contributed by atoms with Crippen molar-refractivity contribution >= 4 is 29.9 Å². The van der Waals surface area contributed by atoms with Gasteiger partial charge in [0.1, 0.15) is 0 Å². The molecule has 0 spiro atoms. The number of nitrogens with zero attached hydrogens (tertiary/aromatic N) is 1. The number of halogens is 1. The van der Waals surface area contributed by atoms with Crippen LogP contribution in [0.1, 0.15) is 38.9 Å². The second-order valence-electron chi connectivity index (χ2n) is 4.84. The predicted octanol–water partition coefficient (Wildman–Crippen LogP) is 3.09. The fourth-order valence-electron chi connectivity index (χ4n) is 1.69. The molecule has 0 aliphatic heterocycles. The maximum atomic E-state index is 5.76. The Bertz CT molecular complexity index is 382. The lowest BCUT2D eigenvalue weighted by atomic mass is 10.1. The number of hydrogen-bond donors (Lipinski definition) is 2. The van der Waals surface area contributed by atoms with E-state index in [9.17, 15) is 0 Å². The Morgan fingerprint density at radius 2 is 1.90 bits per heavy atom. The largest absolute Gasteiger partial charge is 0.374 e. The molecule has 0 aromatic heterocycles. The van der Waals surface area contributed by atoms with Crippen LogP contribution >= 0.6 is 24.0 Å². The molecule has 0 saturated heterocycles. The van der Waals surface area contributed by atoms with E-state index < -0.39 is 0 Å². The molecule has 0 bridgehead atoms. The number of hydrogen-bond acceptors (Lipinski definition) is 2. The fraction of sp³-hybridized carbons (Fsp3) is 0.533. The Kier molecular flexibility index (Phi) is 10.5. The van der Waals surface area contributed by atoms with Crippen LogP contribution in [0.3, 0.4) is 0 Å². The third-order valence-electron chi connectivity index (χ3n) is 2.66. The van der Waals surface area contributed by atoms with Gasteiger partial charge in [-0.1, -0.05) is 30.3 Å². The van der Waals surface area contributed by atoms with Gasteiger partial charge >= 0.3 is 0 Å². The average molecular weight is 391 g/mol. The Labute approximate surface area is 139 Å². The molecule has 1 aromatic carbocycles. The summed E-state index contributed by atoms with van der Waals surface area (Å²) in [6, 6.07) is 10.5. The maximum Gasteiger partial charge on any atom is 0.188 e. The highest BCUT2D eigenvalue weighted by molar-refractivity contribution is 14.0. The van der Waals surface area contributed by atoms with Crippen molar-refractivity contribution in [3.8, 4) is 0 Å². The van der Waals surface area contributed by atoms with Gasteiger partial charge in [-0.15, -0.1) is 24.0 Å². The van der Waals surface area contributed by atoms with Crippen molar-refractivity contribution < 1.29 is 4.74 Å². The van der Waals surface area contributed by atoms with Crippen molar-refractivity contribution in [2.75, 3.05) is 13.2 Å². The van der Waals surface area contributed by atoms with Gasteiger partial charge in [0.2, 0.25) is 0 Å². The number of aliphatic imine (C=N–C) groups is 1. The zero-order valence-corrected chi connectivity index (χ0v) is 14.8. The maximum absolute atomic E-state index is 5.76. The number of nitrogens with two attached hydrogens (primary N) is 1. The van der Waals surface area contributed by atoms with Gasteiger partial charge in [-0.25, -0.2) is 0 Å². The van der Waals surface area contributed by atoms with Gasteiger partial charge in [-0.2, -0.15) is 0 Å². The zero-order valence-electron chi connectivity index (χ0n) is 12.5. The molecule has 0 fully saturated rings. The number of ether oxygens (including phenoxy) is 1. The highest BCUT2D eigenvalue weighted by Gasteiger charge is 2.03. The van der Waals surface area contributed by atoms with Crippen molar-refractivity contribution in [2.24, 2.45) is 10.7 Å². The lowest BCUT2D eigenvalue weighted by Gasteiger charge is -2.13. The van der Waals surface area contributed by atoms with Crippen LogP contribution in [0.4, 0.5) is 0 Å². The monoisotopic (exact) mass is 391 g/mol. The SMILES string of the molecule is CC(C)NC(N)=NCCCOC(C)c1ccccc1.I. The van der Waals surface area contributed by atoms with Crippen LogP contribution in [0.5, 0.6) is 0 Å². The summed E-state index contributed by atoms with van der Waals surface area (Å²) in [5.74, 6) is 0.506. The summed E-state index contributed by atoms with van der Waals surface area (Å²) >= 11 is 0. The van der Waals surface area contributed by atoms with Gasteiger partial charge in [-0.05, 0) is 32.8 Å². The standard InChI is InChI=1S/C15H25N3O.HI/c1-12(2)18-15(16)17-10-7-11-19-13(3)14-8-5-4-6-9-14;/h4-6,8-9,12-13H,7,10-11H2,1-3H3,(H3,16,17,18);1H. The lowest BCUT2D eigenvalue weighted by Crippen LogP contribution is -2.36. The van der Waals surface area contributed by atoms with Crippen LogP contribution in [0.25, 0.3) is 0 Å². The Hall–Kier alpha value is -0.820. The Morgan fingerprint density at radius 3 is 2.50 bits per heavy atom. The summed E-state index contributed by atoms with van der Waals surface area (Å²) in [7, 11) is 0. The first-order valence-corrected chi connectivity index (χ1v) is 6.82. The first-order valence-electron chi connectivity index (χ1n) is 6.82. The highest BCUT2D eigenvalue weighted by atomic mass is 127. The molecule has 114 valence electrons. The highest BCUT2D eigenvalue weighted by Crippen LogP contribution is 2.15. The summed E-state index contributed by atoms with van der Waals surface area (Å²) < 4.78 is 5.76. The van der Waals surface area contributed by atoms with Crippen LogP contribution in [-0.2, 0) is 4.74 Å². The molecule has 1 aromatic rings. The molecular formula is C15H26IN3O. The number of nitrogens with one attached hydrogen (secondary N) is 1. The van der Waals surface area contributed by atoms with Crippen LogP contribution in [0.15, 0.2) is 35.3 Å². The second-order valence-corrected chi connectivity index (χ2v) is 4.84. The molecule has 4 nitrogen and oxygen atoms in total. The van der Waals surface area contributed by atoms with Gasteiger partial charge in [-0.3, -0.25) is 4.99 Å². The third-order valence-corrected chi connectivity index (χ3v) is 2.66. The van der Waals surface area contributed by atoms with Crippen molar-refractivity contribution in [3.05, 3.63) is 35.9 Å². The molecule has 1 rings (SSSR count). The van der Waals surface area contributed by atoms with Gasteiger partial charge in [0.25, 0.3) is 0 Å². The molecule has 0 heterocycles. The average Bonchev–Trinajstić information content (AvgIpc) is 2.38. The predicted molar refractivity (Wildman–Crippen MR) is 95.6 cm³/mol. The number of guanidine groups is 1. The van der Waals surface area contributed by atoms with E-state index in [0.717, 1.165) is 6.42 Å². The minimum absolute atomic E-state index is 0. The molecule has 5 heteroatoms. The number of rotatable bonds is 7. The van der Waals surface area contributed by atoms with E-state index in [1.807, 2.05) is 32.0 Å². The molecule has 3 N–H and O–H groups in total. The van der Waals surface area contributed by atoms with E-state index in [2.05, 4.69) is 29.4 Å². The third kappa shape index (κ3) is 8.37. The van der Waals surface area contributed by atoms with E-state index in [0.29, 0.717) is 25.2 Å². The molecular weight excluding hydrogens is 365 g/mol. The normalized spacial score (nSPS) is 12.9. The van der Waals surface area contributed by atoms with Crippen LogP contribution in [0.2, 0.25) is 0 Å². The topological polar surface area (TPSA) is 59.6 Å². The molecule has 1 unspecified atom stereocenters. The van der Waals surface area contributed by atoms with E-state index in [1.165, 1.54) is 5.56 Å². The molecule has 0 aliphatic carbocycles. The first-order chi connectivity index (χ1) is 9.09. The second kappa shape index (κ2) is 10.9. The molecule has 0 saturated carbocycles. The molecule has 1 atom stereocenters. The van der Waals surface area contributed by atoms with Gasteiger partial charge < -0.3 is 15.8 Å². The smallest absolute Gasteiger partial charge is 0.188 e. The summed E-state index contributed by atoms with van der Waals surface area (Å²) in [5.41, 5.74) is 6.91. The van der Waals surface area contributed by atoms with Gasteiger partial charge in [0.15, 0.2) is 5.96 Å². The molecule has 0 aliphatic rings. The van der Waals surface area contributed by atoms with Crippen LogP contribution in [-0.4, -0.2) is 25.2 Å². The van der Waals surface area contributed by atoms with Crippen LogP contribution in [0, 0.1) is 0 Å². The first kappa shape index (κ1) is 19.2. The van der Waals surface area contributed by atoms with Crippen molar-refractivity contribution in [2.45, 2.75) is 39.3 Å². The fourth-order valence-corrected chi connectivity index (χ4v) is 1.69. The van der Waals surface area contributed by atoms with Crippen molar-refractivity contribution in [1.82, 2.24) is 5.32 Å². The Morgan fingerprint density at radius 1 is 1.25 bits per heavy atom. The van der Waals surface area contributed by atoms with Crippen molar-refractivity contribution in [1.29, 1.82) is 0 Å². The van der Waals surface area contributed by atoms with Crippen molar-refractivity contribution in [3.63, 3.8) is 0 Å². The van der Waals surface area contributed by atoms with Crippen LogP contribution < -0.4 is 11.1 Å². The van der Waals surface area contributed by atoms with Gasteiger partial charge in [0, 0.05) is 19.2 Å². The number of benzene rings is 1. The molecule has 0 radical (unpaired) electrons. The Balaban J connectivity index is 0.00000361. The summed E-state index contributed by atoms with van der Waals surface area (Å²) in [5, 5.41) is 3.06. The lowest BCUT2D eigenvalue weighted by molar-refractivity contribution is 0.0652. The van der Waals surface area contributed by atoms with E-state index in [1.54, 1.807) is 0 Å². The quantitative estimate of drug-likeness (QED) is 0.325. The minimum Gasteiger partial charge on any atom is -0.374 e. The zero-order chi connectivity index (χ0) is 14.1. The molecule has 0 amide bonds. The molecule has 20 heavy (non-hydrogen) atoms. The minimum atomic E-state index is 0. The summed E-state index contributed by atoms with van der Waals surface area (Å²) in [6.45, 7) is 7.51. The summed E-state index contributed by atoms with van der Waals surface area (Å²) in [4.78, 5) is 4.24. The van der Waals surface area contributed by atoms with E-state index in [4.69, 9.17) is 10.5 Å². The van der Waals surface area contributed by atoms with E-state index >= 15 is 0 Å². The van der Waals surface area contributed by atoms with E-state index in [-0.39, 0.29) is 30.1 Å². The summed E-state index contributed by atoms with van der Waals surface area (Å²) in [6.07, 6.45) is 0.994.